The molecule has 0 N–H and O–H groups in total. The number of nitrogens with zero attached hydrogens (tertiary/aromatic N) is 1. The molecule has 1 aromatic heterocycles. The maximum absolute atomic E-state index is 12.8. The van der Waals surface area contributed by atoms with E-state index in [-0.39, 0.29) is 47.8 Å². The molecule has 0 radical (unpaired) electrons. The Bertz CT molecular complexity index is 1310. The SMILES string of the molecule is O=C(CCN1C(=O)[C@H]2CC=CC[C@@H]2C1=O)Oc1ccc2c(=O)c(-c3ccccc3)coc2c1. The van der Waals surface area contributed by atoms with Crippen LogP contribution in [0.1, 0.15) is 19.3 Å². The van der Waals surface area contributed by atoms with Gasteiger partial charge in [-0.1, -0.05) is 42.5 Å². The molecule has 1 fully saturated rings. The van der Waals surface area contributed by atoms with E-state index in [1.165, 1.54) is 23.3 Å². The lowest BCUT2D eigenvalue weighted by Gasteiger charge is -2.14. The number of amides is 2. The van der Waals surface area contributed by atoms with Gasteiger partial charge in [0.2, 0.25) is 11.8 Å². The van der Waals surface area contributed by atoms with Gasteiger partial charge in [0, 0.05) is 12.6 Å². The minimum atomic E-state index is -0.578. The zero-order valence-electron chi connectivity index (χ0n) is 17.7. The summed E-state index contributed by atoms with van der Waals surface area (Å²) in [7, 11) is 0. The van der Waals surface area contributed by atoms with Gasteiger partial charge in [0.25, 0.3) is 0 Å². The van der Waals surface area contributed by atoms with Gasteiger partial charge in [0.05, 0.1) is 29.2 Å². The van der Waals surface area contributed by atoms with Crippen molar-refractivity contribution in [2.45, 2.75) is 19.3 Å². The van der Waals surface area contributed by atoms with Crippen molar-refractivity contribution in [2.75, 3.05) is 6.54 Å². The Kier molecular flexibility index (Phi) is 5.38. The third-order valence-electron chi connectivity index (χ3n) is 6.20. The zero-order valence-corrected chi connectivity index (χ0v) is 17.7. The first kappa shape index (κ1) is 20.9. The van der Waals surface area contributed by atoms with Gasteiger partial charge < -0.3 is 9.15 Å². The Balaban J connectivity index is 1.27. The van der Waals surface area contributed by atoms with Crippen LogP contribution in [0.15, 0.2) is 76.2 Å². The lowest BCUT2D eigenvalue weighted by atomic mass is 9.85. The summed E-state index contributed by atoms with van der Waals surface area (Å²) in [5.41, 5.74) is 1.32. The summed E-state index contributed by atoms with van der Waals surface area (Å²) in [6, 6.07) is 13.8. The van der Waals surface area contributed by atoms with E-state index < -0.39 is 5.97 Å². The summed E-state index contributed by atoms with van der Waals surface area (Å²) in [5.74, 6) is -1.43. The second-order valence-electron chi connectivity index (χ2n) is 8.21. The van der Waals surface area contributed by atoms with Gasteiger partial charge in [-0.05, 0) is 30.5 Å². The molecular weight excluding hydrogens is 422 g/mol. The predicted octanol–water partition coefficient (Wildman–Crippen LogP) is 3.71. The number of allylic oxidation sites excluding steroid dienone is 2. The molecule has 1 saturated heterocycles. The third kappa shape index (κ3) is 3.86. The first-order valence-corrected chi connectivity index (χ1v) is 10.8. The summed E-state index contributed by atoms with van der Waals surface area (Å²) < 4.78 is 11.0. The minimum absolute atomic E-state index is 0.00734. The molecule has 0 bridgehead atoms. The maximum Gasteiger partial charge on any atom is 0.313 e. The van der Waals surface area contributed by atoms with E-state index in [2.05, 4.69) is 0 Å². The number of carbonyl (C=O) groups is 3. The molecule has 3 aromatic rings. The van der Waals surface area contributed by atoms with Gasteiger partial charge in [-0.3, -0.25) is 24.1 Å². The maximum atomic E-state index is 12.8. The normalized spacial score (nSPS) is 19.7. The van der Waals surface area contributed by atoms with E-state index in [9.17, 15) is 19.2 Å². The van der Waals surface area contributed by atoms with Crippen molar-refractivity contribution in [1.82, 2.24) is 4.90 Å². The summed E-state index contributed by atoms with van der Waals surface area (Å²) in [4.78, 5) is 51.4. The van der Waals surface area contributed by atoms with Crippen LogP contribution < -0.4 is 10.2 Å². The van der Waals surface area contributed by atoms with E-state index >= 15 is 0 Å². The molecule has 33 heavy (non-hydrogen) atoms. The Morgan fingerprint density at radius 3 is 2.36 bits per heavy atom. The first-order valence-electron chi connectivity index (χ1n) is 10.8. The number of hydrogen-bond acceptors (Lipinski definition) is 6. The molecule has 0 saturated carbocycles. The van der Waals surface area contributed by atoms with E-state index in [1.54, 1.807) is 6.07 Å². The number of fused-ring (bicyclic) bond motifs is 2. The fraction of sp³-hybridized carbons (Fsp3) is 0.231. The van der Waals surface area contributed by atoms with Gasteiger partial charge in [-0.2, -0.15) is 0 Å². The van der Waals surface area contributed by atoms with Crippen molar-refractivity contribution in [3.63, 3.8) is 0 Å². The lowest BCUT2D eigenvalue weighted by molar-refractivity contribution is -0.141. The van der Waals surface area contributed by atoms with E-state index in [0.717, 1.165) is 5.56 Å². The number of ether oxygens (including phenoxy) is 1. The molecule has 1 aliphatic heterocycles. The average molecular weight is 443 g/mol. The van der Waals surface area contributed by atoms with Crippen molar-refractivity contribution in [1.29, 1.82) is 0 Å². The molecule has 2 aliphatic rings. The number of carbonyl (C=O) groups excluding carboxylic acids is 3. The fourth-order valence-electron chi connectivity index (χ4n) is 4.46. The molecule has 2 aromatic carbocycles. The van der Waals surface area contributed by atoms with Gasteiger partial charge in [-0.25, -0.2) is 0 Å². The number of hydrogen-bond donors (Lipinski definition) is 0. The molecular formula is C26H21NO6. The van der Waals surface area contributed by atoms with Crippen molar-refractivity contribution in [3.05, 3.63) is 77.2 Å². The number of likely N-dealkylation sites (tertiary alicyclic amines) is 1. The van der Waals surface area contributed by atoms with Crippen molar-refractivity contribution < 1.29 is 23.5 Å². The Hall–Kier alpha value is -4.00. The second kappa shape index (κ2) is 8.50. The van der Waals surface area contributed by atoms with Crippen LogP contribution in [0, 0.1) is 11.8 Å². The molecule has 2 heterocycles. The van der Waals surface area contributed by atoms with E-state index in [1.807, 2.05) is 42.5 Å². The molecule has 1 aliphatic carbocycles. The van der Waals surface area contributed by atoms with Gasteiger partial charge in [0.15, 0.2) is 5.43 Å². The summed E-state index contributed by atoms with van der Waals surface area (Å²) in [6.07, 6.45) is 6.24. The van der Waals surface area contributed by atoms with Gasteiger partial charge in [-0.15, -0.1) is 0 Å². The summed E-state index contributed by atoms with van der Waals surface area (Å²) in [6.45, 7) is -0.00734. The molecule has 0 unspecified atom stereocenters. The number of esters is 1. The molecule has 2 amide bonds. The smallest absolute Gasteiger partial charge is 0.313 e. The number of imide groups is 1. The van der Waals surface area contributed by atoms with E-state index in [4.69, 9.17) is 9.15 Å². The highest BCUT2D eigenvalue weighted by Crippen LogP contribution is 2.35. The highest BCUT2D eigenvalue weighted by atomic mass is 16.5. The van der Waals surface area contributed by atoms with Crippen LogP contribution >= 0.6 is 0 Å². The molecule has 0 spiro atoms. The second-order valence-corrected chi connectivity index (χ2v) is 8.21. The Morgan fingerprint density at radius 1 is 0.970 bits per heavy atom. The number of rotatable bonds is 5. The molecule has 7 nitrogen and oxygen atoms in total. The van der Waals surface area contributed by atoms with Crippen molar-refractivity contribution >= 4 is 28.8 Å². The minimum Gasteiger partial charge on any atom is -0.463 e. The van der Waals surface area contributed by atoms with Crippen LogP contribution in [-0.4, -0.2) is 29.2 Å². The van der Waals surface area contributed by atoms with Crippen LogP contribution in [0.5, 0.6) is 5.75 Å². The Morgan fingerprint density at radius 2 is 1.67 bits per heavy atom. The fourth-order valence-corrected chi connectivity index (χ4v) is 4.46. The average Bonchev–Trinajstić information content (AvgIpc) is 3.08. The molecule has 2 atom stereocenters. The molecule has 5 rings (SSSR count). The van der Waals surface area contributed by atoms with Gasteiger partial charge in [0.1, 0.15) is 17.6 Å². The predicted molar refractivity (Wildman–Crippen MR) is 120 cm³/mol. The Labute approximate surface area is 189 Å². The highest BCUT2D eigenvalue weighted by Gasteiger charge is 2.46. The highest BCUT2D eigenvalue weighted by molar-refractivity contribution is 6.05. The largest absolute Gasteiger partial charge is 0.463 e. The third-order valence-corrected chi connectivity index (χ3v) is 6.20. The summed E-state index contributed by atoms with van der Waals surface area (Å²) >= 11 is 0. The first-order chi connectivity index (χ1) is 16.0. The standard InChI is InChI=1S/C26H21NO6/c28-23(12-13-27-25(30)18-8-4-5-9-19(18)26(27)31)33-17-10-11-20-22(14-17)32-15-21(24(20)29)16-6-2-1-3-7-16/h1-7,10-11,14-15,18-19H,8-9,12-13H2/t18-,19-/m0/s1. The van der Waals surface area contributed by atoms with Crippen LogP contribution in [0.4, 0.5) is 0 Å². The van der Waals surface area contributed by atoms with Crippen molar-refractivity contribution in [3.8, 4) is 16.9 Å². The quantitative estimate of drug-likeness (QED) is 0.258. The van der Waals surface area contributed by atoms with Crippen LogP contribution in [0.25, 0.3) is 22.1 Å². The van der Waals surface area contributed by atoms with Crippen LogP contribution in [0.3, 0.4) is 0 Å². The summed E-state index contributed by atoms with van der Waals surface area (Å²) in [5, 5.41) is 0.376. The monoisotopic (exact) mass is 443 g/mol. The lowest BCUT2D eigenvalue weighted by Crippen LogP contribution is -2.33. The van der Waals surface area contributed by atoms with Crippen LogP contribution in [-0.2, 0) is 14.4 Å². The molecule has 7 heteroatoms. The zero-order chi connectivity index (χ0) is 22.9. The topological polar surface area (TPSA) is 93.9 Å². The van der Waals surface area contributed by atoms with Crippen LogP contribution in [0.2, 0.25) is 0 Å². The number of benzene rings is 2. The molecule has 166 valence electrons. The van der Waals surface area contributed by atoms with Gasteiger partial charge >= 0.3 is 5.97 Å². The van der Waals surface area contributed by atoms with Crippen molar-refractivity contribution in [2.24, 2.45) is 11.8 Å². The van der Waals surface area contributed by atoms with E-state index in [0.29, 0.717) is 29.4 Å².